The van der Waals surface area contributed by atoms with Crippen molar-refractivity contribution in [3.8, 4) is 11.5 Å². The average molecular weight is 261 g/mol. The molecule has 1 heterocycles. The van der Waals surface area contributed by atoms with Crippen LogP contribution in [-0.4, -0.2) is 28.5 Å². The van der Waals surface area contributed by atoms with Gasteiger partial charge in [0.2, 0.25) is 0 Å². The van der Waals surface area contributed by atoms with E-state index in [4.69, 9.17) is 4.74 Å². The number of aryl methyl sites for hydroxylation is 1. The Morgan fingerprint density at radius 1 is 1.37 bits per heavy atom. The number of rotatable bonds is 7. The van der Waals surface area contributed by atoms with Gasteiger partial charge in [-0.2, -0.15) is 5.10 Å². The zero-order chi connectivity index (χ0) is 13.5. The van der Waals surface area contributed by atoms with Gasteiger partial charge in [-0.05, 0) is 25.1 Å². The number of hydrogen-bond acceptors (Lipinski definition) is 4. The van der Waals surface area contributed by atoms with E-state index in [1.807, 2.05) is 29.1 Å². The van der Waals surface area contributed by atoms with Crippen molar-refractivity contribution in [3.63, 3.8) is 0 Å². The first kappa shape index (κ1) is 13.4. The van der Waals surface area contributed by atoms with Crippen LogP contribution in [0.2, 0.25) is 0 Å². The topological polar surface area (TPSA) is 59.3 Å². The van der Waals surface area contributed by atoms with Crippen molar-refractivity contribution in [1.29, 1.82) is 0 Å². The number of aromatic nitrogens is 2. The van der Waals surface area contributed by atoms with Crippen LogP contribution in [0, 0.1) is 0 Å². The second kappa shape index (κ2) is 6.80. The highest BCUT2D eigenvalue weighted by Gasteiger charge is 2.06. The Hall–Kier alpha value is -2.01. The van der Waals surface area contributed by atoms with Gasteiger partial charge in [0.15, 0.2) is 11.5 Å². The van der Waals surface area contributed by atoms with E-state index >= 15 is 0 Å². The molecule has 0 radical (unpaired) electrons. The Morgan fingerprint density at radius 3 is 3.00 bits per heavy atom. The fourth-order valence-corrected chi connectivity index (χ4v) is 1.90. The Labute approximate surface area is 112 Å². The number of phenolic OH excluding ortho intramolecular Hbond substituents is 1. The maximum atomic E-state index is 9.92. The van der Waals surface area contributed by atoms with E-state index in [-0.39, 0.29) is 5.75 Å². The van der Waals surface area contributed by atoms with Gasteiger partial charge in [-0.15, -0.1) is 0 Å². The predicted molar refractivity (Wildman–Crippen MR) is 73.2 cm³/mol. The molecule has 5 nitrogen and oxygen atoms in total. The van der Waals surface area contributed by atoms with Gasteiger partial charge >= 0.3 is 0 Å². The van der Waals surface area contributed by atoms with Crippen LogP contribution in [0.5, 0.6) is 11.5 Å². The molecule has 2 N–H and O–H groups in total. The minimum Gasteiger partial charge on any atom is -0.504 e. The predicted octanol–water partition coefficient (Wildman–Crippen LogP) is 1.78. The molecule has 0 aliphatic carbocycles. The lowest BCUT2D eigenvalue weighted by Crippen LogP contribution is -2.16. The third kappa shape index (κ3) is 3.72. The number of benzene rings is 1. The van der Waals surface area contributed by atoms with Crippen LogP contribution in [0.15, 0.2) is 36.7 Å². The second-order valence-electron chi connectivity index (χ2n) is 4.27. The molecule has 0 fully saturated rings. The van der Waals surface area contributed by atoms with Gasteiger partial charge in [0.05, 0.1) is 7.11 Å². The average Bonchev–Trinajstić information content (AvgIpc) is 2.93. The number of ether oxygens (including phenoxy) is 1. The van der Waals surface area contributed by atoms with E-state index in [2.05, 4.69) is 10.4 Å². The fourth-order valence-electron chi connectivity index (χ4n) is 1.90. The van der Waals surface area contributed by atoms with Gasteiger partial charge in [-0.25, -0.2) is 0 Å². The van der Waals surface area contributed by atoms with E-state index in [1.54, 1.807) is 19.4 Å². The van der Waals surface area contributed by atoms with Crippen molar-refractivity contribution in [1.82, 2.24) is 15.1 Å². The lowest BCUT2D eigenvalue weighted by molar-refractivity contribution is 0.369. The van der Waals surface area contributed by atoms with E-state index in [0.29, 0.717) is 12.3 Å². The van der Waals surface area contributed by atoms with Gasteiger partial charge < -0.3 is 15.2 Å². The fraction of sp³-hybridized carbons (Fsp3) is 0.357. The summed E-state index contributed by atoms with van der Waals surface area (Å²) in [4.78, 5) is 0. The number of methoxy groups -OCH3 is 1. The first-order chi connectivity index (χ1) is 9.31. The van der Waals surface area contributed by atoms with E-state index in [0.717, 1.165) is 25.1 Å². The molecular weight excluding hydrogens is 242 g/mol. The van der Waals surface area contributed by atoms with Gasteiger partial charge in [-0.3, -0.25) is 4.68 Å². The highest BCUT2D eigenvalue weighted by Crippen LogP contribution is 2.28. The van der Waals surface area contributed by atoms with Crippen molar-refractivity contribution in [3.05, 3.63) is 42.2 Å². The molecule has 0 aliphatic rings. The first-order valence-corrected chi connectivity index (χ1v) is 6.34. The van der Waals surface area contributed by atoms with Crippen LogP contribution in [0.3, 0.4) is 0 Å². The highest BCUT2D eigenvalue weighted by molar-refractivity contribution is 5.45. The number of nitrogens with zero attached hydrogens (tertiary/aromatic N) is 2. The minimum atomic E-state index is 0.213. The van der Waals surface area contributed by atoms with Crippen molar-refractivity contribution in [2.45, 2.75) is 19.5 Å². The number of para-hydroxylation sites is 1. The summed E-state index contributed by atoms with van der Waals surface area (Å²) in [6.45, 7) is 2.39. The Morgan fingerprint density at radius 2 is 2.26 bits per heavy atom. The first-order valence-electron chi connectivity index (χ1n) is 6.34. The Balaban J connectivity index is 1.73. The summed E-state index contributed by atoms with van der Waals surface area (Å²) in [6, 6.07) is 7.43. The molecule has 0 bridgehead atoms. The Bertz CT molecular complexity index is 497. The zero-order valence-corrected chi connectivity index (χ0v) is 11.0. The van der Waals surface area contributed by atoms with Gasteiger partial charge in [0.1, 0.15) is 0 Å². The molecule has 0 atom stereocenters. The second-order valence-corrected chi connectivity index (χ2v) is 4.27. The summed E-state index contributed by atoms with van der Waals surface area (Å²) < 4.78 is 6.98. The minimum absolute atomic E-state index is 0.213. The lowest BCUT2D eigenvalue weighted by Gasteiger charge is -2.09. The maximum Gasteiger partial charge on any atom is 0.162 e. The smallest absolute Gasteiger partial charge is 0.162 e. The summed E-state index contributed by atoms with van der Waals surface area (Å²) in [5.74, 6) is 0.723. The third-order valence-corrected chi connectivity index (χ3v) is 2.92. The molecule has 5 heteroatoms. The van der Waals surface area contributed by atoms with Crippen LogP contribution < -0.4 is 10.1 Å². The summed E-state index contributed by atoms with van der Waals surface area (Å²) in [5, 5.41) is 17.4. The van der Waals surface area contributed by atoms with Gasteiger partial charge in [0.25, 0.3) is 0 Å². The van der Waals surface area contributed by atoms with Gasteiger partial charge in [-0.1, -0.05) is 12.1 Å². The molecule has 0 amide bonds. The van der Waals surface area contributed by atoms with Crippen molar-refractivity contribution in [2.75, 3.05) is 13.7 Å². The summed E-state index contributed by atoms with van der Waals surface area (Å²) in [5.41, 5.74) is 0.846. The highest BCUT2D eigenvalue weighted by atomic mass is 16.5. The molecule has 0 aliphatic heterocycles. The SMILES string of the molecule is COc1cccc(CNCCCn2cccn2)c1O. The zero-order valence-electron chi connectivity index (χ0n) is 11.0. The molecule has 0 saturated carbocycles. The Kier molecular flexibility index (Phi) is 4.80. The molecule has 2 rings (SSSR count). The van der Waals surface area contributed by atoms with E-state index in [1.165, 1.54) is 0 Å². The van der Waals surface area contributed by atoms with Gasteiger partial charge in [0, 0.05) is 31.0 Å². The summed E-state index contributed by atoms with van der Waals surface area (Å²) >= 11 is 0. The maximum absolute atomic E-state index is 9.92. The molecule has 102 valence electrons. The van der Waals surface area contributed by atoms with E-state index in [9.17, 15) is 5.11 Å². The van der Waals surface area contributed by atoms with Crippen LogP contribution in [0.1, 0.15) is 12.0 Å². The lowest BCUT2D eigenvalue weighted by atomic mass is 10.2. The van der Waals surface area contributed by atoms with Crippen molar-refractivity contribution in [2.24, 2.45) is 0 Å². The van der Waals surface area contributed by atoms with Crippen LogP contribution in [0.4, 0.5) is 0 Å². The van der Waals surface area contributed by atoms with E-state index < -0.39 is 0 Å². The molecule has 0 spiro atoms. The standard InChI is InChI=1S/C14H19N3O2/c1-19-13-6-2-5-12(14(13)18)11-15-7-3-9-17-10-4-8-16-17/h2,4-6,8,10,15,18H,3,7,9,11H2,1H3. The van der Waals surface area contributed by atoms with Crippen LogP contribution in [-0.2, 0) is 13.1 Å². The normalized spacial score (nSPS) is 10.6. The molecular formula is C14H19N3O2. The number of phenols is 1. The number of hydrogen-bond donors (Lipinski definition) is 2. The largest absolute Gasteiger partial charge is 0.504 e. The molecule has 19 heavy (non-hydrogen) atoms. The molecule has 1 aromatic heterocycles. The molecule has 1 aromatic carbocycles. The monoisotopic (exact) mass is 261 g/mol. The molecule has 0 unspecified atom stereocenters. The van der Waals surface area contributed by atoms with Crippen LogP contribution >= 0.6 is 0 Å². The van der Waals surface area contributed by atoms with Crippen molar-refractivity contribution >= 4 is 0 Å². The van der Waals surface area contributed by atoms with Crippen molar-refractivity contribution < 1.29 is 9.84 Å². The third-order valence-electron chi connectivity index (χ3n) is 2.92. The summed E-state index contributed by atoms with van der Waals surface area (Å²) in [7, 11) is 1.55. The molecule has 0 saturated heterocycles. The molecule has 2 aromatic rings. The number of aromatic hydroxyl groups is 1. The summed E-state index contributed by atoms with van der Waals surface area (Å²) in [6.07, 6.45) is 4.72. The number of nitrogens with one attached hydrogen (secondary N) is 1. The quantitative estimate of drug-likeness (QED) is 0.746. The van der Waals surface area contributed by atoms with Crippen LogP contribution in [0.25, 0.3) is 0 Å².